The van der Waals surface area contributed by atoms with Gasteiger partial charge in [0.1, 0.15) is 0 Å². The maximum Gasteiger partial charge on any atom is -0.00201 e. The van der Waals surface area contributed by atoms with Crippen LogP contribution in [0.4, 0.5) is 0 Å². The molecule has 0 amide bonds. The molecule has 9 rings (SSSR count). The normalized spacial score (nSPS) is 11.6. The lowest BCUT2D eigenvalue weighted by molar-refractivity contribution is 1.60. The number of benzene rings is 9. The van der Waals surface area contributed by atoms with Gasteiger partial charge in [-0.25, -0.2) is 0 Å². The number of hydrogen-bond donors (Lipinski definition) is 0. The molecule has 9 aromatic carbocycles. The zero-order chi connectivity index (χ0) is 29.0. The van der Waals surface area contributed by atoms with Gasteiger partial charge in [0.05, 0.1) is 0 Å². The highest BCUT2D eigenvalue weighted by atomic mass is 14.2. The lowest BCUT2D eigenvalue weighted by Gasteiger charge is -2.20. The van der Waals surface area contributed by atoms with Crippen LogP contribution in [-0.2, 0) is 0 Å². The molecule has 0 bridgehead atoms. The summed E-state index contributed by atoms with van der Waals surface area (Å²) in [5.41, 5.74) is 10.1. The van der Waals surface area contributed by atoms with Crippen LogP contribution in [0.3, 0.4) is 0 Å². The van der Waals surface area contributed by atoms with E-state index < -0.39 is 0 Å². The summed E-state index contributed by atoms with van der Waals surface area (Å²) in [6.07, 6.45) is 0. The second-order valence-electron chi connectivity index (χ2n) is 11.6. The summed E-state index contributed by atoms with van der Waals surface area (Å²) in [5.74, 6) is 0. The molecule has 0 aliphatic heterocycles. The SMILES string of the molecule is c1ccc(-c2ccccc2-c2ccc3c4cccc5c(-c6ccccc6-c6ccccc6)ccc(c6cccc2c63)c54)cc1. The second kappa shape index (κ2) is 9.93. The second-order valence-corrected chi connectivity index (χ2v) is 11.6. The van der Waals surface area contributed by atoms with Gasteiger partial charge < -0.3 is 0 Å². The Labute approximate surface area is 256 Å². The summed E-state index contributed by atoms with van der Waals surface area (Å²) in [4.78, 5) is 0. The van der Waals surface area contributed by atoms with E-state index in [1.54, 1.807) is 0 Å². The Morgan fingerprint density at radius 3 is 0.955 bits per heavy atom. The Bertz CT molecular complexity index is 2270. The van der Waals surface area contributed by atoms with E-state index >= 15 is 0 Å². The summed E-state index contributed by atoms with van der Waals surface area (Å²) >= 11 is 0. The molecule has 204 valence electrons. The van der Waals surface area contributed by atoms with Crippen molar-refractivity contribution < 1.29 is 0 Å². The lowest BCUT2D eigenvalue weighted by atomic mass is 9.83. The molecular weight excluding hydrogens is 528 g/mol. The van der Waals surface area contributed by atoms with Crippen molar-refractivity contribution in [1.29, 1.82) is 0 Å². The molecule has 0 aliphatic carbocycles. The monoisotopic (exact) mass is 556 g/mol. The van der Waals surface area contributed by atoms with Crippen molar-refractivity contribution in [2.24, 2.45) is 0 Å². The fourth-order valence-electron chi connectivity index (χ4n) is 7.36. The smallest absolute Gasteiger partial charge is 0.00201 e. The van der Waals surface area contributed by atoms with Gasteiger partial charge >= 0.3 is 0 Å². The average Bonchev–Trinajstić information content (AvgIpc) is 3.11. The summed E-state index contributed by atoms with van der Waals surface area (Å²) < 4.78 is 0. The molecule has 0 nitrogen and oxygen atoms in total. The predicted octanol–water partition coefficient (Wildman–Crippen LogP) is 12.4. The highest BCUT2D eigenvalue weighted by Gasteiger charge is 2.19. The summed E-state index contributed by atoms with van der Waals surface area (Å²) in [5, 5.41) is 10.5. The van der Waals surface area contributed by atoms with Gasteiger partial charge in [-0.2, -0.15) is 0 Å². The van der Waals surface area contributed by atoms with Crippen LogP contribution in [0.5, 0.6) is 0 Å². The van der Waals surface area contributed by atoms with Crippen molar-refractivity contribution in [3.63, 3.8) is 0 Å². The fourth-order valence-corrected chi connectivity index (χ4v) is 7.36. The van der Waals surface area contributed by atoms with E-state index in [4.69, 9.17) is 0 Å². The first-order valence-electron chi connectivity index (χ1n) is 15.3. The van der Waals surface area contributed by atoms with Crippen LogP contribution >= 0.6 is 0 Å². The molecule has 0 atom stereocenters. The lowest BCUT2D eigenvalue weighted by Crippen LogP contribution is -1.92. The predicted molar refractivity (Wildman–Crippen MR) is 189 cm³/mol. The molecule has 0 aliphatic rings. The average molecular weight is 557 g/mol. The van der Waals surface area contributed by atoms with Crippen molar-refractivity contribution in [2.45, 2.75) is 0 Å². The molecule has 0 unspecified atom stereocenters. The molecule has 44 heavy (non-hydrogen) atoms. The van der Waals surface area contributed by atoms with E-state index in [0.29, 0.717) is 0 Å². The number of fused-ring (bicyclic) bond motifs is 2. The third kappa shape index (κ3) is 3.71. The van der Waals surface area contributed by atoms with E-state index in [-0.39, 0.29) is 0 Å². The van der Waals surface area contributed by atoms with Crippen LogP contribution < -0.4 is 0 Å². The fraction of sp³-hybridized carbons (Fsp3) is 0. The minimum absolute atomic E-state index is 1.24. The first-order chi connectivity index (χ1) is 21.9. The topological polar surface area (TPSA) is 0 Å². The third-order valence-electron chi connectivity index (χ3n) is 9.27. The van der Waals surface area contributed by atoms with Crippen LogP contribution in [-0.4, -0.2) is 0 Å². The van der Waals surface area contributed by atoms with Gasteiger partial charge in [0.2, 0.25) is 0 Å². The Hall–Kier alpha value is -5.72. The van der Waals surface area contributed by atoms with E-state index in [1.807, 2.05) is 0 Å². The van der Waals surface area contributed by atoms with E-state index in [1.165, 1.54) is 87.6 Å². The minimum atomic E-state index is 1.24. The molecule has 0 saturated heterocycles. The van der Waals surface area contributed by atoms with Crippen molar-refractivity contribution in [2.75, 3.05) is 0 Å². The van der Waals surface area contributed by atoms with Crippen LogP contribution in [0.1, 0.15) is 0 Å². The van der Waals surface area contributed by atoms with Crippen LogP contribution in [0.2, 0.25) is 0 Å². The van der Waals surface area contributed by atoms with Gasteiger partial charge in [0.25, 0.3) is 0 Å². The van der Waals surface area contributed by atoms with Gasteiger partial charge in [-0.3, -0.25) is 0 Å². The van der Waals surface area contributed by atoms with Crippen LogP contribution in [0, 0.1) is 0 Å². The Balaban J connectivity index is 1.34. The molecule has 0 heteroatoms. The van der Waals surface area contributed by atoms with Crippen molar-refractivity contribution in [3.05, 3.63) is 170 Å². The highest BCUT2D eigenvalue weighted by molar-refractivity contribution is 6.35. The number of hydrogen-bond acceptors (Lipinski definition) is 0. The van der Waals surface area contributed by atoms with Crippen LogP contribution in [0.25, 0.3) is 87.6 Å². The molecule has 0 heterocycles. The van der Waals surface area contributed by atoms with Crippen molar-refractivity contribution >= 4 is 43.1 Å². The molecular formula is C44H28. The Kier molecular flexibility index (Phi) is 5.61. The van der Waals surface area contributed by atoms with E-state index in [2.05, 4.69) is 170 Å². The first kappa shape index (κ1) is 24.8. The molecule has 0 N–H and O–H groups in total. The van der Waals surface area contributed by atoms with Gasteiger partial charge in [0, 0.05) is 0 Å². The maximum absolute atomic E-state index is 2.35. The van der Waals surface area contributed by atoms with E-state index in [0.717, 1.165) is 0 Å². The van der Waals surface area contributed by atoms with E-state index in [9.17, 15) is 0 Å². The summed E-state index contributed by atoms with van der Waals surface area (Å²) in [6, 6.07) is 62.1. The molecule has 9 aromatic rings. The molecule has 0 spiro atoms. The Morgan fingerprint density at radius 2 is 0.523 bits per heavy atom. The Morgan fingerprint density at radius 1 is 0.182 bits per heavy atom. The first-order valence-corrected chi connectivity index (χ1v) is 15.3. The van der Waals surface area contributed by atoms with Gasteiger partial charge in [-0.15, -0.1) is 0 Å². The summed E-state index contributed by atoms with van der Waals surface area (Å²) in [7, 11) is 0. The van der Waals surface area contributed by atoms with Gasteiger partial charge in [-0.1, -0.05) is 170 Å². The standard InChI is InChI=1S/C44H28/c1-3-13-29(14-4-1)31-17-7-9-19-33(31)35-25-27-41-40-24-12-22-38-36(34-20-10-8-18-32(34)30-15-5-2-6-16-30)26-28-42(44(38)40)39-23-11-21-37(35)43(39)41/h1-28H. The van der Waals surface area contributed by atoms with Gasteiger partial charge in [0.15, 0.2) is 0 Å². The zero-order valence-electron chi connectivity index (χ0n) is 24.2. The summed E-state index contributed by atoms with van der Waals surface area (Å²) in [6.45, 7) is 0. The molecule has 0 saturated carbocycles. The quantitative estimate of drug-likeness (QED) is 0.149. The van der Waals surface area contributed by atoms with Crippen molar-refractivity contribution in [1.82, 2.24) is 0 Å². The minimum Gasteiger partial charge on any atom is -0.0622 e. The molecule has 0 aromatic heterocycles. The zero-order valence-corrected chi connectivity index (χ0v) is 24.2. The highest BCUT2D eigenvalue weighted by Crippen LogP contribution is 2.47. The maximum atomic E-state index is 2.35. The van der Waals surface area contributed by atoms with Gasteiger partial charge in [-0.05, 0) is 87.6 Å². The molecule has 0 radical (unpaired) electrons. The molecule has 0 fully saturated rings. The van der Waals surface area contributed by atoms with Crippen molar-refractivity contribution in [3.8, 4) is 44.5 Å². The number of rotatable bonds is 4. The largest absolute Gasteiger partial charge is 0.0622 e. The van der Waals surface area contributed by atoms with Crippen LogP contribution in [0.15, 0.2) is 170 Å². The third-order valence-corrected chi connectivity index (χ3v) is 9.27.